The van der Waals surface area contributed by atoms with Gasteiger partial charge in [0.2, 0.25) is 0 Å². The van der Waals surface area contributed by atoms with Crippen LogP contribution in [0, 0.1) is 0 Å². The van der Waals surface area contributed by atoms with E-state index in [9.17, 15) is 4.79 Å². The van der Waals surface area contributed by atoms with Gasteiger partial charge in [0, 0.05) is 39.5 Å². The summed E-state index contributed by atoms with van der Waals surface area (Å²) < 4.78 is 0. The van der Waals surface area contributed by atoms with Gasteiger partial charge in [0.05, 0.1) is 5.56 Å². The maximum absolute atomic E-state index is 13.1. The van der Waals surface area contributed by atoms with Gasteiger partial charge in [0.1, 0.15) is 0 Å². The molecule has 30 heavy (non-hydrogen) atoms. The minimum atomic E-state index is -0.0272. The highest BCUT2D eigenvalue weighted by Gasteiger charge is 2.20. The molecular weight excluding hydrogens is 388 g/mol. The van der Waals surface area contributed by atoms with Crippen LogP contribution < -0.4 is 5.56 Å². The van der Waals surface area contributed by atoms with E-state index in [-0.39, 0.29) is 5.56 Å². The highest BCUT2D eigenvalue weighted by atomic mass is 32.2. The highest BCUT2D eigenvalue weighted by molar-refractivity contribution is 8.08. The minimum absolute atomic E-state index is 0.0272. The van der Waals surface area contributed by atoms with Crippen molar-refractivity contribution in [1.82, 2.24) is 9.97 Å². The first kappa shape index (κ1) is 18.6. The molecule has 0 unspecified atom stereocenters. The quantitative estimate of drug-likeness (QED) is 0.435. The standard InChI is InChI=1S/C26H20N2OS/c29-26-25(23-11-5-15-30-23)24(21-9-1-2-10-22(21)28-26)20-8-3-6-18(16-20)12-13-19-7-4-14-27-17-19/h1-4,6-14,16-17H,5,15H2,(H,28,29)/b13-12+. The van der Waals surface area contributed by atoms with Crippen molar-refractivity contribution in [3.05, 3.63) is 106 Å². The molecular formula is C26H20N2OS. The van der Waals surface area contributed by atoms with E-state index in [2.05, 4.69) is 52.5 Å². The first-order chi connectivity index (χ1) is 14.8. The van der Waals surface area contributed by atoms with Gasteiger partial charge in [-0.05, 0) is 41.3 Å². The number of fused-ring (bicyclic) bond motifs is 1. The van der Waals surface area contributed by atoms with Crippen LogP contribution in [0.4, 0.5) is 0 Å². The van der Waals surface area contributed by atoms with Crippen molar-refractivity contribution in [2.75, 3.05) is 5.75 Å². The Morgan fingerprint density at radius 2 is 1.80 bits per heavy atom. The lowest BCUT2D eigenvalue weighted by Gasteiger charge is -2.14. The number of para-hydroxylation sites is 1. The molecule has 2 aromatic heterocycles. The molecule has 146 valence electrons. The molecule has 2 aromatic carbocycles. The van der Waals surface area contributed by atoms with Gasteiger partial charge < -0.3 is 4.98 Å². The number of benzene rings is 2. The summed E-state index contributed by atoms with van der Waals surface area (Å²) in [7, 11) is 0. The van der Waals surface area contributed by atoms with E-state index in [1.54, 1.807) is 18.0 Å². The molecule has 3 heterocycles. The van der Waals surface area contributed by atoms with Gasteiger partial charge in [0.25, 0.3) is 5.56 Å². The maximum Gasteiger partial charge on any atom is 0.257 e. The van der Waals surface area contributed by atoms with Crippen molar-refractivity contribution in [2.45, 2.75) is 6.42 Å². The zero-order chi connectivity index (χ0) is 20.3. The zero-order valence-corrected chi connectivity index (χ0v) is 17.2. The predicted octanol–water partition coefficient (Wildman–Crippen LogP) is 6.24. The minimum Gasteiger partial charge on any atom is -0.321 e. The fourth-order valence-corrected chi connectivity index (χ4v) is 4.87. The molecule has 0 aliphatic carbocycles. The van der Waals surface area contributed by atoms with Crippen LogP contribution in [-0.4, -0.2) is 15.7 Å². The lowest BCUT2D eigenvalue weighted by molar-refractivity contribution is 1.27. The van der Waals surface area contributed by atoms with Crippen molar-refractivity contribution in [3.63, 3.8) is 0 Å². The Kier molecular flexibility index (Phi) is 5.08. The number of aromatic nitrogens is 2. The van der Waals surface area contributed by atoms with Crippen molar-refractivity contribution in [3.8, 4) is 11.1 Å². The second kappa shape index (κ2) is 8.17. The van der Waals surface area contributed by atoms with E-state index in [4.69, 9.17) is 0 Å². The summed E-state index contributed by atoms with van der Waals surface area (Å²) in [6.07, 6.45) is 10.9. The van der Waals surface area contributed by atoms with Crippen LogP contribution >= 0.6 is 11.8 Å². The smallest absolute Gasteiger partial charge is 0.257 e. The summed E-state index contributed by atoms with van der Waals surface area (Å²) >= 11 is 1.76. The lowest BCUT2D eigenvalue weighted by atomic mass is 9.94. The third-order valence-electron chi connectivity index (χ3n) is 5.20. The molecule has 5 rings (SSSR count). The van der Waals surface area contributed by atoms with Crippen LogP contribution in [0.3, 0.4) is 0 Å². The summed E-state index contributed by atoms with van der Waals surface area (Å²) in [5, 5.41) is 1.06. The third-order valence-corrected chi connectivity index (χ3v) is 6.32. The number of rotatable bonds is 4. The molecule has 4 heteroatoms. The summed E-state index contributed by atoms with van der Waals surface area (Å²) in [4.78, 5) is 21.4. The van der Waals surface area contributed by atoms with E-state index in [0.29, 0.717) is 0 Å². The van der Waals surface area contributed by atoms with Gasteiger partial charge in [-0.1, -0.05) is 60.7 Å². The Balaban J connectivity index is 1.68. The average Bonchev–Trinajstić information content (AvgIpc) is 3.32. The van der Waals surface area contributed by atoms with Crippen LogP contribution in [0.25, 0.3) is 39.1 Å². The molecule has 0 fully saturated rings. The third kappa shape index (κ3) is 3.62. The molecule has 0 saturated carbocycles. The number of hydrogen-bond acceptors (Lipinski definition) is 3. The maximum atomic E-state index is 13.1. The SMILES string of the molecule is O=c1[nH]c2ccccc2c(-c2cccc(/C=C/c3cccnc3)c2)c1C1=CCCS1. The molecule has 1 aliphatic heterocycles. The first-order valence-electron chi connectivity index (χ1n) is 9.96. The largest absolute Gasteiger partial charge is 0.321 e. The van der Waals surface area contributed by atoms with Crippen LogP contribution in [-0.2, 0) is 0 Å². The number of thioether (sulfide) groups is 1. The number of pyridine rings is 2. The molecule has 0 atom stereocenters. The van der Waals surface area contributed by atoms with Crippen LogP contribution in [0.1, 0.15) is 23.1 Å². The Labute approximate surface area is 179 Å². The topological polar surface area (TPSA) is 45.8 Å². The summed E-state index contributed by atoms with van der Waals surface area (Å²) in [5.74, 6) is 1.02. The van der Waals surface area contributed by atoms with E-state index in [0.717, 1.165) is 55.8 Å². The van der Waals surface area contributed by atoms with Crippen molar-refractivity contribution in [1.29, 1.82) is 0 Å². The second-order valence-electron chi connectivity index (χ2n) is 7.20. The number of nitrogens with zero attached hydrogens (tertiary/aromatic N) is 1. The van der Waals surface area contributed by atoms with E-state index in [1.807, 2.05) is 42.6 Å². The molecule has 0 bridgehead atoms. The Morgan fingerprint density at radius 3 is 2.63 bits per heavy atom. The van der Waals surface area contributed by atoms with Gasteiger partial charge in [0.15, 0.2) is 0 Å². The Bertz CT molecular complexity index is 1340. The molecule has 3 nitrogen and oxygen atoms in total. The van der Waals surface area contributed by atoms with Crippen LogP contribution in [0.5, 0.6) is 0 Å². The van der Waals surface area contributed by atoms with Crippen molar-refractivity contribution >= 4 is 39.7 Å². The van der Waals surface area contributed by atoms with Crippen molar-refractivity contribution in [2.24, 2.45) is 0 Å². The zero-order valence-electron chi connectivity index (χ0n) is 16.3. The second-order valence-corrected chi connectivity index (χ2v) is 8.34. The van der Waals surface area contributed by atoms with E-state index >= 15 is 0 Å². The number of hydrogen-bond donors (Lipinski definition) is 1. The molecule has 0 amide bonds. The molecule has 1 aliphatic rings. The normalized spacial score (nSPS) is 13.8. The molecule has 0 spiro atoms. The molecule has 0 radical (unpaired) electrons. The fourth-order valence-electron chi connectivity index (χ4n) is 3.83. The first-order valence-corrected chi connectivity index (χ1v) is 10.9. The Morgan fingerprint density at radius 1 is 0.933 bits per heavy atom. The van der Waals surface area contributed by atoms with Crippen molar-refractivity contribution < 1.29 is 0 Å². The molecule has 1 N–H and O–H groups in total. The van der Waals surface area contributed by atoms with Gasteiger partial charge >= 0.3 is 0 Å². The average molecular weight is 409 g/mol. The van der Waals surface area contributed by atoms with E-state index in [1.165, 1.54) is 0 Å². The number of H-pyrrole nitrogens is 1. The highest BCUT2D eigenvalue weighted by Crippen LogP contribution is 2.40. The summed E-state index contributed by atoms with van der Waals surface area (Å²) in [6.45, 7) is 0. The predicted molar refractivity (Wildman–Crippen MR) is 128 cm³/mol. The number of nitrogens with one attached hydrogen (secondary N) is 1. The monoisotopic (exact) mass is 408 g/mol. The summed E-state index contributed by atoms with van der Waals surface area (Å²) in [6, 6.07) is 20.4. The molecule has 4 aromatic rings. The van der Waals surface area contributed by atoms with Gasteiger partial charge in [-0.3, -0.25) is 9.78 Å². The van der Waals surface area contributed by atoms with Gasteiger partial charge in [-0.2, -0.15) is 0 Å². The summed E-state index contributed by atoms with van der Waals surface area (Å²) in [5.41, 5.74) is 5.81. The van der Waals surface area contributed by atoms with Gasteiger partial charge in [-0.25, -0.2) is 0 Å². The lowest BCUT2D eigenvalue weighted by Crippen LogP contribution is -2.13. The van der Waals surface area contributed by atoms with Crippen LogP contribution in [0.15, 0.2) is 83.9 Å². The van der Waals surface area contributed by atoms with Crippen LogP contribution in [0.2, 0.25) is 0 Å². The molecule has 0 saturated heterocycles. The number of aromatic amines is 1. The van der Waals surface area contributed by atoms with E-state index < -0.39 is 0 Å². The fraction of sp³-hybridized carbons (Fsp3) is 0.0769. The number of allylic oxidation sites excluding steroid dienone is 1. The Hall–Kier alpha value is -3.37. The van der Waals surface area contributed by atoms with Gasteiger partial charge in [-0.15, -0.1) is 11.8 Å².